The Morgan fingerprint density at radius 1 is 1.29 bits per heavy atom. The Morgan fingerprint density at radius 2 is 2.00 bits per heavy atom. The van der Waals surface area contributed by atoms with Crippen LogP contribution in [0.1, 0.15) is 39.5 Å². The van der Waals surface area contributed by atoms with Gasteiger partial charge in [0.05, 0.1) is 6.61 Å². The molecule has 0 aliphatic rings. The first kappa shape index (κ1) is 16.1. The van der Waals surface area contributed by atoms with Gasteiger partial charge in [-0.1, -0.05) is 32.8 Å². The van der Waals surface area contributed by atoms with Crippen LogP contribution in [0.3, 0.4) is 0 Å². The molecule has 0 amide bonds. The van der Waals surface area contributed by atoms with Gasteiger partial charge in [-0.05, 0) is 13.3 Å². The first-order valence-electron chi connectivity index (χ1n) is 6.16. The van der Waals surface area contributed by atoms with Gasteiger partial charge in [-0.3, -0.25) is 0 Å². The lowest BCUT2D eigenvalue weighted by Crippen LogP contribution is -2.24. The molecule has 0 aromatic heterocycles. The molecule has 0 saturated carbocycles. The fraction of sp³-hybridized carbons (Fsp3) is 0.769. The monoisotopic (exact) mass is 244 g/mol. The summed E-state index contributed by atoms with van der Waals surface area (Å²) in [6.45, 7) is 7.98. The highest BCUT2D eigenvalue weighted by molar-refractivity contribution is 5.86. The molecule has 0 aromatic carbocycles. The van der Waals surface area contributed by atoms with Gasteiger partial charge in [-0.2, -0.15) is 0 Å². The second-order valence-electron chi connectivity index (χ2n) is 4.17. The second kappa shape index (κ2) is 10.3. The number of ether oxygens (including phenoxy) is 2. The number of hydrogen-bond acceptors (Lipinski definition) is 4. The molecule has 0 aliphatic heterocycles. The maximum atomic E-state index is 11.0. The summed E-state index contributed by atoms with van der Waals surface area (Å²) in [6, 6.07) is 0. The van der Waals surface area contributed by atoms with E-state index in [2.05, 4.69) is 13.5 Å². The fourth-order valence-electron chi connectivity index (χ4n) is 1.19. The fourth-order valence-corrected chi connectivity index (χ4v) is 1.19. The molecule has 100 valence electrons. The molecule has 0 bridgehead atoms. The van der Waals surface area contributed by atoms with Gasteiger partial charge < -0.3 is 14.6 Å². The van der Waals surface area contributed by atoms with Crippen LogP contribution >= 0.6 is 0 Å². The van der Waals surface area contributed by atoms with Crippen molar-refractivity contribution >= 4 is 5.97 Å². The van der Waals surface area contributed by atoms with Crippen LogP contribution in [0.25, 0.3) is 0 Å². The third-order valence-electron chi connectivity index (χ3n) is 2.21. The van der Waals surface area contributed by atoms with E-state index < -0.39 is 12.1 Å². The standard InChI is InChI=1S/C13H24O4/c1-4-5-6-7-8-16-9-12(14)10-17-13(15)11(2)3/h12,14H,2,4-10H2,1,3H3. The lowest BCUT2D eigenvalue weighted by Gasteiger charge is -2.11. The molecular weight excluding hydrogens is 220 g/mol. The molecule has 17 heavy (non-hydrogen) atoms. The number of aliphatic hydroxyl groups excluding tert-OH is 1. The molecule has 0 heterocycles. The van der Waals surface area contributed by atoms with Crippen molar-refractivity contribution in [3.63, 3.8) is 0 Å². The van der Waals surface area contributed by atoms with Crippen LogP contribution < -0.4 is 0 Å². The van der Waals surface area contributed by atoms with Gasteiger partial charge in [0.1, 0.15) is 12.7 Å². The lowest BCUT2D eigenvalue weighted by molar-refractivity contribution is -0.143. The van der Waals surface area contributed by atoms with Crippen molar-refractivity contribution in [3.8, 4) is 0 Å². The Hall–Kier alpha value is -0.870. The highest BCUT2D eigenvalue weighted by atomic mass is 16.5. The summed E-state index contributed by atoms with van der Waals surface area (Å²) >= 11 is 0. The van der Waals surface area contributed by atoms with Crippen molar-refractivity contribution in [2.75, 3.05) is 19.8 Å². The van der Waals surface area contributed by atoms with E-state index in [4.69, 9.17) is 9.47 Å². The summed E-state index contributed by atoms with van der Waals surface area (Å²) in [5.41, 5.74) is 0.331. The van der Waals surface area contributed by atoms with Crippen molar-refractivity contribution in [1.29, 1.82) is 0 Å². The van der Waals surface area contributed by atoms with Gasteiger partial charge in [0.25, 0.3) is 0 Å². The molecule has 0 aromatic rings. The third kappa shape index (κ3) is 10.0. The van der Waals surface area contributed by atoms with E-state index in [9.17, 15) is 9.90 Å². The molecule has 0 rings (SSSR count). The molecule has 4 nitrogen and oxygen atoms in total. The smallest absolute Gasteiger partial charge is 0.333 e. The number of rotatable bonds is 10. The van der Waals surface area contributed by atoms with Crippen LogP contribution in [0.5, 0.6) is 0 Å². The molecular formula is C13H24O4. The first-order chi connectivity index (χ1) is 8.07. The highest BCUT2D eigenvalue weighted by Gasteiger charge is 2.09. The van der Waals surface area contributed by atoms with Crippen LogP contribution in [0.4, 0.5) is 0 Å². The normalized spacial score (nSPS) is 12.2. The zero-order valence-corrected chi connectivity index (χ0v) is 10.9. The van der Waals surface area contributed by atoms with E-state index in [1.54, 1.807) is 6.92 Å². The summed E-state index contributed by atoms with van der Waals surface area (Å²) in [7, 11) is 0. The molecule has 1 unspecified atom stereocenters. The molecule has 0 fully saturated rings. The van der Waals surface area contributed by atoms with Gasteiger partial charge in [0.15, 0.2) is 0 Å². The van der Waals surface area contributed by atoms with E-state index in [1.165, 1.54) is 12.8 Å². The molecule has 0 saturated heterocycles. The summed E-state index contributed by atoms with van der Waals surface area (Å²) in [5.74, 6) is -0.480. The van der Waals surface area contributed by atoms with Gasteiger partial charge in [0.2, 0.25) is 0 Å². The molecule has 0 radical (unpaired) electrons. The van der Waals surface area contributed by atoms with Crippen LogP contribution in [-0.4, -0.2) is 37.0 Å². The van der Waals surface area contributed by atoms with Crippen molar-refractivity contribution in [2.45, 2.75) is 45.6 Å². The first-order valence-corrected chi connectivity index (χ1v) is 6.16. The second-order valence-corrected chi connectivity index (χ2v) is 4.17. The zero-order valence-electron chi connectivity index (χ0n) is 10.9. The molecule has 0 spiro atoms. The van der Waals surface area contributed by atoms with E-state index in [1.807, 2.05) is 0 Å². The van der Waals surface area contributed by atoms with Crippen LogP contribution in [-0.2, 0) is 14.3 Å². The lowest BCUT2D eigenvalue weighted by atomic mass is 10.2. The molecule has 4 heteroatoms. The quantitative estimate of drug-likeness (QED) is 0.363. The summed E-state index contributed by atoms with van der Waals surface area (Å²) < 4.78 is 10.1. The van der Waals surface area contributed by atoms with Crippen molar-refractivity contribution in [1.82, 2.24) is 0 Å². The summed E-state index contributed by atoms with van der Waals surface area (Å²) in [6.07, 6.45) is 3.80. The number of aliphatic hydroxyl groups is 1. The number of esters is 1. The topological polar surface area (TPSA) is 55.8 Å². The molecule has 1 atom stereocenters. The number of carbonyl (C=O) groups excluding carboxylic acids is 1. The molecule has 0 aliphatic carbocycles. The Bertz CT molecular complexity index is 225. The van der Waals surface area contributed by atoms with Crippen molar-refractivity contribution in [3.05, 3.63) is 12.2 Å². The maximum absolute atomic E-state index is 11.0. The van der Waals surface area contributed by atoms with Crippen molar-refractivity contribution in [2.24, 2.45) is 0 Å². The molecule has 1 N–H and O–H groups in total. The third-order valence-corrected chi connectivity index (χ3v) is 2.21. The highest BCUT2D eigenvalue weighted by Crippen LogP contribution is 2.00. The Labute approximate surface area is 104 Å². The largest absolute Gasteiger partial charge is 0.460 e. The predicted molar refractivity (Wildman–Crippen MR) is 66.7 cm³/mol. The van der Waals surface area contributed by atoms with Gasteiger partial charge in [-0.15, -0.1) is 0 Å². The minimum absolute atomic E-state index is 0.0410. The van der Waals surface area contributed by atoms with Crippen LogP contribution in [0.15, 0.2) is 12.2 Å². The maximum Gasteiger partial charge on any atom is 0.333 e. The van der Waals surface area contributed by atoms with E-state index in [-0.39, 0.29) is 13.2 Å². The van der Waals surface area contributed by atoms with Crippen LogP contribution in [0, 0.1) is 0 Å². The van der Waals surface area contributed by atoms with Crippen LogP contribution in [0.2, 0.25) is 0 Å². The van der Waals surface area contributed by atoms with Gasteiger partial charge in [0, 0.05) is 12.2 Å². The summed E-state index contributed by atoms with van der Waals surface area (Å²) in [5, 5.41) is 9.45. The minimum atomic E-state index is -0.760. The SMILES string of the molecule is C=C(C)C(=O)OCC(O)COCCCCCC. The Balaban J connectivity index is 3.37. The number of carbonyl (C=O) groups is 1. The van der Waals surface area contributed by atoms with E-state index in [0.29, 0.717) is 12.2 Å². The number of hydrogen-bond donors (Lipinski definition) is 1. The van der Waals surface area contributed by atoms with E-state index >= 15 is 0 Å². The van der Waals surface area contributed by atoms with Crippen molar-refractivity contribution < 1.29 is 19.4 Å². The van der Waals surface area contributed by atoms with E-state index in [0.717, 1.165) is 12.8 Å². The zero-order chi connectivity index (χ0) is 13.1. The average Bonchev–Trinajstić information content (AvgIpc) is 2.30. The van der Waals surface area contributed by atoms with Gasteiger partial charge in [-0.25, -0.2) is 4.79 Å². The predicted octanol–water partition coefficient (Wildman–Crippen LogP) is 2.06. The Morgan fingerprint density at radius 3 is 2.59 bits per heavy atom. The average molecular weight is 244 g/mol. The van der Waals surface area contributed by atoms with Gasteiger partial charge >= 0.3 is 5.97 Å². The Kier molecular flexibility index (Phi) is 9.77. The summed E-state index contributed by atoms with van der Waals surface area (Å²) in [4.78, 5) is 11.0. The number of unbranched alkanes of at least 4 members (excludes halogenated alkanes) is 3. The minimum Gasteiger partial charge on any atom is -0.460 e.